The maximum Gasteiger partial charge on any atom is 0.255 e. The van der Waals surface area contributed by atoms with Crippen molar-refractivity contribution in [2.24, 2.45) is 0 Å². The zero-order valence-electron chi connectivity index (χ0n) is 20.8. The van der Waals surface area contributed by atoms with Crippen molar-refractivity contribution >= 4 is 17.3 Å². The Balaban J connectivity index is 1.62. The van der Waals surface area contributed by atoms with E-state index in [-0.39, 0.29) is 19.1 Å². The van der Waals surface area contributed by atoms with Gasteiger partial charge in [0.2, 0.25) is 5.88 Å². The highest BCUT2D eigenvalue weighted by molar-refractivity contribution is 6.04. The summed E-state index contributed by atoms with van der Waals surface area (Å²) in [7, 11) is 0. The summed E-state index contributed by atoms with van der Waals surface area (Å²) in [6.07, 6.45) is 3.26. The molecule has 0 spiro atoms. The van der Waals surface area contributed by atoms with Crippen LogP contribution in [0.3, 0.4) is 0 Å². The molecule has 9 heteroatoms. The highest BCUT2D eigenvalue weighted by Gasteiger charge is 2.21. The molecule has 3 aromatic rings. The smallest absolute Gasteiger partial charge is 0.255 e. The fourth-order valence-electron chi connectivity index (χ4n) is 3.99. The highest BCUT2D eigenvalue weighted by Crippen LogP contribution is 2.34. The van der Waals surface area contributed by atoms with Gasteiger partial charge in [0.1, 0.15) is 17.9 Å². The number of aryl methyl sites for hydroxylation is 1. The second-order valence-corrected chi connectivity index (χ2v) is 9.19. The maximum absolute atomic E-state index is 12.9. The number of hydrogen-bond acceptors (Lipinski definition) is 8. The summed E-state index contributed by atoms with van der Waals surface area (Å²) in [6, 6.07) is 10.9. The monoisotopic (exact) mass is 492 g/mol. The Morgan fingerprint density at radius 3 is 2.67 bits per heavy atom. The number of ether oxygens (including phenoxy) is 2. The van der Waals surface area contributed by atoms with Crippen LogP contribution in [0, 0.1) is 6.92 Å². The average molecular weight is 493 g/mol. The van der Waals surface area contributed by atoms with Gasteiger partial charge in [-0.2, -0.15) is 0 Å². The largest absolute Gasteiger partial charge is 0.474 e. The molecule has 1 amide bonds. The van der Waals surface area contributed by atoms with Crippen LogP contribution < -0.4 is 15.0 Å². The summed E-state index contributed by atoms with van der Waals surface area (Å²) in [6.45, 7) is 8.00. The van der Waals surface area contributed by atoms with E-state index in [2.05, 4.69) is 20.2 Å². The Hall–Kier alpha value is -3.53. The van der Waals surface area contributed by atoms with Gasteiger partial charge in [-0.3, -0.25) is 9.78 Å². The number of pyridine rings is 2. The molecule has 0 atom stereocenters. The number of carbonyl (C=O) groups is 1. The summed E-state index contributed by atoms with van der Waals surface area (Å²) in [5, 5.41) is 22.4. The van der Waals surface area contributed by atoms with Crippen molar-refractivity contribution in [1.82, 2.24) is 9.97 Å². The third kappa shape index (κ3) is 5.99. The van der Waals surface area contributed by atoms with Crippen LogP contribution in [0.2, 0.25) is 0 Å². The van der Waals surface area contributed by atoms with Crippen LogP contribution in [0.5, 0.6) is 5.88 Å². The van der Waals surface area contributed by atoms with E-state index in [0.29, 0.717) is 49.1 Å². The Kier molecular flexibility index (Phi) is 7.83. The van der Waals surface area contributed by atoms with Crippen molar-refractivity contribution in [3.63, 3.8) is 0 Å². The van der Waals surface area contributed by atoms with E-state index in [4.69, 9.17) is 9.47 Å². The van der Waals surface area contributed by atoms with Gasteiger partial charge in [0.15, 0.2) is 0 Å². The molecule has 1 aliphatic rings. The van der Waals surface area contributed by atoms with Crippen LogP contribution in [0.25, 0.3) is 11.1 Å². The first-order valence-electron chi connectivity index (χ1n) is 11.9. The van der Waals surface area contributed by atoms with Crippen molar-refractivity contribution in [3.8, 4) is 17.0 Å². The number of hydrogen-bond donors (Lipinski definition) is 3. The van der Waals surface area contributed by atoms with Gasteiger partial charge in [-0.1, -0.05) is 6.07 Å². The molecule has 3 N–H and O–H groups in total. The first kappa shape index (κ1) is 25.6. The van der Waals surface area contributed by atoms with E-state index in [1.165, 1.54) is 6.20 Å². The molecule has 2 aromatic heterocycles. The third-order valence-corrected chi connectivity index (χ3v) is 5.97. The second kappa shape index (κ2) is 11.0. The lowest BCUT2D eigenvalue weighted by Crippen LogP contribution is -2.36. The van der Waals surface area contributed by atoms with Crippen LogP contribution >= 0.6 is 0 Å². The van der Waals surface area contributed by atoms with E-state index in [9.17, 15) is 15.0 Å². The van der Waals surface area contributed by atoms with Crippen LogP contribution in [0.1, 0.15) is 35.5 Å². The molecule has 9 nitrogen and oxygen atoms in total. The quantitative estimate of drug-likeness (QED) is 0.439. The first-order valence-corrected chi connectivity index (χ1v) is 11.9. The number of anilines is 2. The summed E-state index contributed by atoms with van der Waals surface area (Å²) in [5.74, 6) is 0.176. The number of aromatic nitrogens is 2. The Morgan fingerprint density at radius 2 is 1.94 bits per heavy atom. The number of morpholine rings is 1. The zero-order chi connectivity index (χ0) is 25.7. The molecule has 0 radical (unpaired) electrons. The van der Waals surface area contributed by atoms with E-state index >= 15 is 0 Å². The highest BCUT2D eigenvalue weighted by atomic mass is 16.5. The molecule has 1 saturated heterocycles. The standard InChI is InChI=1S/C27H32N4O5/c1-18-4-5-21(30-25(33)19-6-7-28-24(15-19)27(2,3)34)16-22(18)20-14-23(31-8-11-35-12-9-31)26(29-17-20)36-13-10-32/h4-7,14-17,32,34H,8-13H2,1-3H3,(H,30,33). The number of rotatable bonds is 8. The third-order valence-electron chi connectivity index (χ3n) is 5.97. The van der Waals surface area contributed by atoms with Crippen molar-refractivity contribution in [2.75, 3.05) is 49.7 Å². The predicted molar refractivity (Wildman–Crippen MR) is 137 cm³/mol. The van der Waals surface area contributed by atoms with Crippen molar-refractivity contribution in [1.29, 1.82) is 0 Å². The maximum atomic E-state index is 12.9. The zero-order valence-corrected chi connectivity index (χ0v) is 20.8. The molecule has 1 aliphatic heterocycles. The Bertz CT molecular complexity index is 1220. The molecule has 1 aromatic carbocycles. The number of nitrogens with zero attached hydrogens (tertiary/aromatic N) is 3. The summed E-state index contributed by atoms with van der Waals surface area (Å²) < 4.78 is 11.2. The average Bonchev–Trinajstić information content (AvgIpc) is 2.88. The van der Waals surface area contributed by atoms with E-state index in [1.807, 2.05) is 31.2 Å². The predicted octanol–water partition coefficient (Wildman–Crippen LogP) is 3.14. The lowest BCUT2D eigenvalue weighted by Gasteiger charge is -2.30. The molecule has 0 unspecified atom stereocenters. The summed E-state index contributed by atoms with van der Waals surface area (Å²) >= 11 is 0. The van der Waals surface area contributed by atoms with Gasteiger partial charge in [-0.25, -0.2) is 4.98 Å². The molecule has 36 heavy (non-hydrogen) atoms. The number of aliphatic hydroxyl groups excluding tert-OH is 1. The van der Waals surface area contributed by atoms with Crippen LogP contribution in [-0.2, 0) is 10.3 Å². The Labute approximate surface area is 210 Å². The number of nitrogens with one attached hydrogen (secondary N) is 1. The van der Waals surface area contributed by atoms with Gasteiger partial charge in [-0.15, -0.1) is 0 Å². The fraction of sp³-hybridized carbons (Fsp3) is 0.370. The van der Waals surface area contributed by atoms with Crippen molar-refractivity contribution in [3.05, 3.63) is 65.6 Å². The fourth-order valence-corrected chi connectivity index (χ4v) is 3.99. The number of benzene rings is 1. The topological polar surface area (TPSA) is 117 Å². The summed E-state index contributed by atoms with van der Waals surface area (Å²) in [5.41, 5.74) is 4.00. The minimum Gasteiger partial charge on any atom is -0.474 e. The molecule has 3 heterocycles. The lowest BCUT2D eigenvalue weighted by atomic mass is 10.0. The van der Waals surface area contributed by atoms with Gasteiger partial charge >= 0.3 is 0 Å². The van der Waals surface area contributed by atoms with Gasteiger partial charge in [0.05, 0.1) is 25.5 Å². The van der Waals surface area contributed by atoms with Gasteiger partial charge in [0.25, 0.3) is 5.91 Å². The molecular formula is C27H32N4O5. The van der Waals surface area contributed by atoms with Crippen molar-refractivity contribution in [2.45, 2.75) is 26.4 Å². The molecule has 1 fully saturated rings. The molecule has 0 bridgehead atoms. The normalized spacial score (nSPS) is 14.0. The number of aliphatic hydroxyl groups is 2. The van der Waals surface area contributed by atoms with Gasteiger partial charge in [0, 0.05) is 42.3 Å². The SMILES string of the molecule is Cc1ccc(NC(=O)c2ccnc(C(C)(C)O)c2)cc1-c1cnc(OCCO)c(N2CCOCC2)c1. The van der Waals surface area contributed by atoms with Crippen LogP contribution in [0.4, 0.5) is 11.4 Å². The molecule has 0 saturated carbocycles. The van der Waals surface area contributed by atoms with E-state index < -0.39 is 5.60 Å². The summed E-state index contributed by atoms with van der Waals surface area (Å²) in [4.78, 5) is 23.8. The van der Waals surface area contributed by atoms with E-state index in [1.54, 1.807) is 32.2 Å². The van der Waals surface area contributed by atoms with E-state index in [0.717, 1.165) is 22.4 Å². The first-order chi connectivity index (χ1) is 17.3. The number of carbonyl (C=O) groups excluding carboxylic acids is 1. The molecule has 190 valence electrons. The minimum absolute atomic E-state index is 0.0956. The Morgan fingerprint density at radius 1 is 1.17 bits per heavy atom. The minimum atomic E-state index is -1.15. The number of amides is 1. The molecule has 0 aliphatic carbocycles. The van der Waals surface area contributed by atoms with Gasteiger partial charge in [-0.05, 0) is 62.2 Å². The second-order valence-electron chi connectivity index (χ2n) is 9.19. The van der Waals surface area contributed by atoms with Crippen molar-refractivity contribution < 1.29 is 24.5 Å². The molecular weight excluding hydrogens is 460 g/mol. The molecule has 4 rings (SSSR count). The van der Waals surface area contributed by atoms with Crippen LogP contribution in [0.15, 0.2) is 48.8 Å². The van der Waals surface area contributed by atoms with Gasteiger partial charge < -0.3 is 29.9 Å². The lowest BCUT2D eigenvalue weighted by molar-refractivity contribution is 0.0737. The van der Waals surface area contributed by atoms with Crippen LogP contribution in [-0.4, -0.2) is 65.6 Å².